The lowest BCUT2D eigenvalue weighted by molar-refractivity contribution is 0.0671. The first-order valence-electron chi connectivity index (χ1n) is 12.6. The third kappa shape index (κ3) is 5.05. The van der Waals surface area contributed by atoms with Crippen molar-refractivity contribution in [2.24, 2.45) is 4.99 Å². The number of aromatic nitrogens is 3. The maximum absolute atomic E-state index is 13.8. The number of carbonyl (C=O) groups is 1. The van der Waals surface area contributed by atoms with E-state index < -0.39 is 5.91 Å². The number of oxazole rings is 1. The quantitative estimate of drug-likeness (QED) is 0.535. The van der Waals surface area contributed by atoms with E-state index in [1.54, 1.807) is 13.3 Å². The van der Waals surface area contributed by atoms with Gasteiger partial charge in [-0.3, -0.25) is 9.79 Å². The van der Waals surface area contributed by atoms with Crippen LogP contribution in [0.5, 0.6) is 0 Å². The second-order valence-corrected chi connectivity index (χ2v) is 9.87. The van der Waals surface area contributed by atoms with Gasteiger partial charge < -0.3 is 23.9 Å². The fourth-order valence-electron chi connectivity index (χ4n) is 5.16. The van der Waals surface area contributed by atoms with Gasteiger partial charge in [0.05, 0.1) is 35.0 Å². The van der Waals surface area contributed by atoms with Gasteiger partial charge in [-0.05, 0) is 19.3 Å². The molecule has 2 aromatic heterocycles. The standard InChI is InChI=1S/C26H33FN6O3/c1-26(25-31-19-7-3-4-8-22(19)33(25)12-13-35-2)16-32(17-26)11-9-23-30-21(15-36-23)24(34)29-14-20-18(27)6-5-10-28-20/h7-8,10,15H,3-6,9,11-14,16-17H2,1-2H3,(H,29,34). The molecule has 0 bridgehead atoms. The number of rotatable bonds is 10. The largest absolute Gasteiger partial charge is 0.448 e. The first kappa shape index (κ1) is 24.6. The summed E-state index contributed by atoms with van der Waals surface area (Å²) in [5.74, 6) is 0.955. The molecule has 0 saturated carbocycles. The van der Waals surface area contributed by atoms with E-state index in [9.17, 15) is 9.18 Å². The zero-order valence-corrected chi connectivity index (χ0v) is 20.9. The monoisotopic (exact) mass is 496 g/mol. The van der Waals surface area contributed by atoms with Crippen molar-refractivity contribution in [3.05, 3.63) is 45.9 Å². The van der Waals surface area contributed by atoms with E-state index >= 15 is 0 Å². The summed E-state index contributed by atoms with van der Waals surface area (Å²) in [6, 6.07) is 0. The Balaban J connectivity index is 1.15. The number of amides is 1. The number of imidazole rings is 1. The predicted octanol–water partition coefficient (Wildman–Crippen LogP) is 1.46. The van der Waals surface area contributed by atoms with Crippen LogP contribution in [-0.4, -0.2) is 71.5 Å². The van der Waals surface area contributed by atoms with Crippen LogP contribution < -0.4 is 16.0 Å². The molecule has 1 amide bonds. The van der Waals surface area contributed by atoms with Gasteiger partial charge in [-0.15, -0.1) is 0 Å². The molecule has 4 heterocycles. The van der Waals surface area contributed by atoms with Crippen molar-refractivity contribution in [3.8, 4) is 0 Å². The van der Waals surface area contributed by atoms with Gasteiger partial charge in [0.15, 0.2) is 11.6 Å². The molecule has 1 fully saturated rings. The number of carbonyl (C=O) groups excluding carboxylic acids is 1. The fourth-order valence-corrected chi connectivity index (χ4v) is 5.16. The summed E-state index contributed by atoms with van der Waals surface area (Å²) < 4.78 is 27.0. The van der Waals surface area contributed by atoms with Crippen LogP contribution in [0, 0.1) is 0 Å². The maximum atomic E-state index is 13.8. The minimum atomic E-state index is -0.400. The van der Waals surface area contributed by atoms with E-state index in [4.69, 9.17) is 14.1 Å². The topological polar surface area (TPSA) is 97.8 Å². The molecule has 9 nitrogen and oxygen atoms in total. The molecule has 1 saturated heterocycles. The van der Waals surface area contributed by atoms with Crippen molar-refractivity contribution in [2.75, 3.05) is 39.9 Å². The van der Waals surface area contributed by atoms with E-state index in [1.807, 2.05) is 0 Å². The average molecular weight is 497 g/mol. The third-order valence-electron chi connectivity index (χ3n) is 6.98. The average Bonchev–Trinajstić information content (AvgIpc) is 3.49. The maximum Gasteiger partial charge on any atom is 0.273 e. The normalized spacial score (nSPS) is 18.9. The van der Waals surface area contributed by atoms with E-state index in [0.29, 0.717) is 31.8 Å². The Labute approximate surface area is 209 Å². The van der Waals surface area contributed by atoms with E-state index in [0.717, 1.165) is 50.2 Å². The Morgan fingerprint density at radius 1 is 1.22 bits per heavy atom. The number of hydrogen-bond donors (Lipinski definition) is 1. The van der Waals surface area contributed by atoms with Crippen LogP contribution in [0.1, 0.15) is 54.8 Å². The van der Waals surface area contributed by atoms with Crippen LogP contribution in [0.4, 0.5) is 4.39 Å². The molecule has 10 heteroatoms. The van der Waals surface area contributed by atoms with E-state index in [1.165, 1.54) is 11.6 Å². The Kier molecular flexibility index (Phi) is 7.15. The number of methoxy groups -OCH3 is 1. The van der Waals surface area contributed by atoms with Gasteiger partial charge in [-0.2, -0.15) is 0 Å². The Hall–Kier alpha value is -3.11. The molecule has 0 unspecified atom stereocenters. The summed E-state index contributed by atoms with van der Waals surface area (Å²) in [7, 11) is 1.73. The molecule has 0 aromatic carbocycles. The number of nitrogens with one attached hydrogen (secondary N) is 1. The smallest absolute Gasteiger partial charge is 0.273 e. The van der Waals surface area contributed by atoms with Crippen molar-refractivity contribution in [2.45, 2.75) is 51.0 Å². The Bertz CT molecular complexity index is 1300. The van der Waals surface area contributed by atoms with Crippen LogP contribution in [-0.2, 0) is 23.1 Å². The van der Waals surface area contributed by atoms with Gasteiger partial charge in [-0.1, -0.05) is 19.1 Å². The van der Waals surface area contributed by atoms with Crippen LogP contribution in [0.3, 0.4) is 0 Å². The van der Waals surface area contributed by atoms with Crippen LogP contribution >= 0.6 is 0 Å². The molecule has 1 aliphatic carbocycles. The first-order valence-corrected chi connectivity index (χ1v) is 12.6. The first-order chi connectivity index (χ1) is 17.5. The molecule has 2 aliphatic heterocycles. The van der Waals surface area contributed by atoms with E-state index in [2.05, 4.69) is 43.8 Å². The lowest BCUT2D eigenvalue weighted by Gasteiger charge is -2.47. The highest BCUT2D eigenvalue weighted by Crippen LogP contribution is 2.32. The highest BCUT2D eigenvalue weighted by Gasteiger charge is 2.43. The lowest BCUT2D eigenvalue weighted by atomic mass is 9.80. The van der Waals surface area contributed by atoms with Crippen molar-refractivity contribution in [1.82, 2.24) is 24.8 Å². The summed E-state index contributed by atoms with van der Waals surface area (Å²) in [5.41, 5.74) is 0.427. The number of allylic oxidation sites excluding steroid dienone is 1. The molecule has 3 aliphatic rings. The van der Waals surface area contributed by atoms with Crippen molar-refractivity contribution in [3.63, 3.8) is 0 Å². The number of ether oxygens (including phenoxy) is 1. The Morgan fingerprint density at radius 3 is 2.86 bits per heavy atom. The molecule has 5 rings (SSSR count). The number of aliphatic imine (C=N–C) groups is 1. The summed E-state index contributed by atoms with van der Waals surface area (Å²) in [5, 5.41) is 4.97. The summed E-state index contributed by atoms with van der Waals surface area (Å²) in [6.07, 6.45) is 11.1. The minimum Gasteiger partial charge on any atom is -0.448 e. The lowest BCUT2D eigenvalue weighted by Crippen LogP contribution is -2.59. The van der Waals surface area contributed by atoms with Crippen LogP contribution in [0.2, 0.25) is 0 Å². The third-order valence-corrected chi connectivity index (χ3v) is 6.98. The van der Waals surface area contributed by atoms with Crippen molar-refractivity contribution in [1.29, 1.82) is 0 Å². The minimum absolute atomic E-state index is 0.0278. The molecule has 2 aromatic rings. The zero-order valence-electron chi connectivity index (χ0n) is 20.9. The number of hydrogen-bond acceptors (Lipinski definition) is 7. The number of likely N-dealkylation sites (tertiary alicyclic amines) is 1. The molecule has 192 valence electrons. The summed E-state index contributed by atoms with van der Waals surface area (Å²) >= 11 is 0. The number of halogens is 1. The molecule has 1 N–H and O–H groups in total. The number of fused-ring (bicyclic) bond motifs is 1. The molecular formula is C26H33FN6O3. The molecule has 0 radical (unpaired) electrons. The Morgan fingerprint density at radius 2 is 2.06 bits per heavy atom. The van der Waals surface area contributed by atoms with Gasteiger partial charge in [0, 0.05) is 52.3 Å². The van der Waals surface area contributed by atoms with Crippen molar-refractivity contribution >= 4 is 24.3 Å². The summed E-state index contributed by atoms with van der Waals surface area (Å²) in [6.45, 7) is 6.32. The van der Waals surface area contributed by atoms with Crippen molar-refractivity contribution < 1.29 is 18.3 Å². The predicted molar refractivity (Wildman–Crippen MR) is 134 cm³/mol. The molecular weight excluding hydrogens is 463 g/mol. The fraction of sp³-hybridized carbons (Fsp3) is 0.538. The second-order valence-electron chi connectivity index (χ2n) is 9.87. The van der Waals surface area contributed by atoms with Gasteiger partial charge in [0.25, 0.3) is 5.91 Å². The van der Waals surface area contributed by atoms with E-state index in [-0.39, 0.29) is 29.2 Å². The SMILES string of the molecule is COCCn1c(C2(C)CN(CCc3nc(C(=O)NCC4=C(F)CCC=N4)co3)C2)nc2c1=CCCC=2. The molecule has 0 spiro atoms. The zero-order chi connectivity index (χ0) is 25.1. The van der Waals surface area contributed by atoms with Gasteiger partial charge in [0.1, 0.15) is 17.9 Å². The number of nitrogens with zero attached hydrogens (tertiary/aromatic N) is 5. The summed E-state index contributed by atoms with van der Waals surface area (Å²) in [4.78, 5) is 28.1. The highest BCUT2D eigenvalue weighted by molar-refractivity contribution is 5.92. The highest BCUT2D eigenvalue weighted by atomic mass is 19.1. The second kappa shape index (κ2) is 10.5. The van der Waals surface area contributed by atoms with Gasteiger partial charge in [-0.25, -0.2) is 14.4 Å². The van der Waals surface area contributed by atoms with Gasteiger partial charge in [0.2, 0.25) is 0 Å². The van der Waals surface area contributed by atoms with Crippen LogP contribution in [0.15, 0.2) is 27.2 Å². The van der Waals surface area contributed by atoms with Gasteiger partial charge >= 0.3 is 0 Å². The molecule has 0 atom stereocenters. The molecule has 36 heavy (non-hydrogen) atoms. The van der Waals surface area contributed by atoms with Crippen LogP contribution in [0.25, 0.3) is 12.2 Å².